The van der Waals surface area contributed by atoms with Crippen molar-refractivity contribution in [2.45, 2.75) is 6.54 Å². The molecule has 0 bridgehead atoms. The zero-order valence-electron chi connectivity index (χ0n) is 8.62. The molecule has 0 atom stereocenters. The number of nitrogens with one attached hydrogen (secondary N) is 1. The predicted octanol–water partition coefficient (Wildman–Crippen LogP) is 1.82. The van der Waals surface area contributed by atoms with Crippen LogP contribution in [0, 0.1) is 0 Å². The van der Waals surface area contributed by atoms with Gasteiger partial charge in [-0.25, -0.2) is 4.98 Å². The Hall–Kier alpha value is -1.07. The van der Waals surface area contributed by atoms with Crippen LogP contribution in [0.1, 0.15) is 5.82 Å². The second-order valence-electron chi connectivity index (χ2n) is 3.14. The molecule has 5 heteroatoms. The van der Waals surface area contributed by atoms with Crippen LogP contribution in [0.3, 0.4) is 0 Å². The molecule has 0 aliphatic heterocycles. The molecule has 0 amide bonds. The fourth-order valence-electron chi connectivity index (χ4n) is 1.57. The maximum Gasteiger partial charge on any atom is 0.199 e. The molecule has 1 N–H and O–H groups in total. The lowest BCUT2D eigenvalue weighted by molar-refractivity contribution is 0.389. The Kier molecular flexibility index (Phi) is 2.93. The number of nitrogens with zero attached hydrogens (tertiary/aromatic N) is 2. The zero-order valence-corrected chi connectivity index (χ0v) is 10.2. The fourth-order valence-corrected chi connectivity index (χ4v) is 2.09. The van der Waals surface area contributed by atoms with Gasteiger partial charge in [0.15, 0.2) is 5.88 Å². The molecule has 15 heavy (non-hydrogen) atoms. The van der Waals surface area contributed by atoms with Crippen LogP contribution in [0.15, 0.2) is 22.8 Å². The van der Waals surface area contributed by atoms with E-state index >= 15 is 0 Å². The second-order valence-corrected chi connectivity index (χ2v) is 3.89. The van der Waals surface area contributed by atoms with Crippen molar-refractivity contribution in [1.82, 2.24) is 14.7 Å². The van der Waals surface area contributed by atoms with Crippen molar-refractivity contribution >= 4 is 21.4 Å². The van der Waals surface area contributed by atoms with E-state index in [1.54, 1.807) is 7.11 Å². The van der Waals surface area contributed by atoms with Crippen LogP contribution >= 0.6 is 15.9 Å². The molecule has 0 unspecified atom stereocenters. The summed E-state index contributed by atoms with van der Waals surface area (Å²) in [5, 5.41) is 3.08. The standard InChI is InChI=1S/C10H12BrN3O/c1-12-6-8-13-10(11)7-4-3-5-9(15-2)14(7)8/h3-5,12H,6H2,1-2H3. The number of imidazole rings is 1. The Labute approximate surface area is 96.4 Å². The average Bonchev–Trinajstić information content (AvgIpc) is 2.57. The van der Waals surface area contributed by atoms with E-state index in [2.05, 4.69) is 26.2 Å². The van der Waals surface area contributed by atoms with Crippen LogP contribution in [0.4, 0.5) is 0 Å². The van der Waals surface area contributed by atoms with Crippen molar-refractivity contribution in [3.8, 4) is 5.88 Å². The van der Waals surface area contributed by atoms with Gasteiger partial charge in [-0.2, -0.15) is 0 Å². The normalized spacial score (nSPS) is 10.9. The Morgan fingerprint density at radius 2 is 2.33 bits per heavy atom. The molecular weight excluding hydrogens is 258 g/mol. The van der Waals surface area contributed by atoms with Crippen LogP contribution in [0.2, 0.25) is 0 Å². The Morgan fingerprint density at radius 3 is 3.00 bits per heavy atom. The highest BCUT2D eigenvalue weighted by Gasteiger charge is 2.11. The van der Waals surface area contributed by atoms with E-state index in [1.807, 2.05) is 29.6 Å². The van der Waals surface area contributed by atoms with Crippen LogP contribution in [0.25, 0.3) is 5.52 Å². The monoisotopic (exact) mass is 269 g/mol. The smallest absolute Gasteiger partial charge is 0.199 e. The molecule has 0 saturated carbocycles. The molecule has 0 fully saturated rings. The van der Waals surface area contributed by atoms with Crippen LogP contribution in [-0.4, -0.2) is 23.5 Å². The van der Waals surface area contributed by atoms with E-state index in [-0.39, 0.29) is 0 Å². The van der Waals surface area contributed by atoms with Crippen molar-refractivity contribution in [1.29, 1.82) is 0 Å². The number of pyridine rings is 1. The van der Waals surface area contributed by atoms with Gasteiger partial charge in [-0.1, -0.05) is 6.07 Å². The maximum atomic E-state index is 5.30. The first-order valence-electron chi connectivity index (χ1n) is 4.62. The number of rotatable bonds is 3. The quantitative estimate of drug-likeness (QED) is 0.924. The molecule has 0 radical (unpaired) electrons. The van der Waals surface area contributed by atoms with Crippen molar-refractivity contribution < 1.29 is 4.74 Å². The summed E-state index contributed by atoms with van der Waals surface area (Å²) in [5.74, 6) is 1.72. The predicted molar refractivity (Wildman–Crippen MR) is 62.2 cm³/mol. The molecule has 2 aromatic heterocycles. The van der Waals surface area contributed by atoms with Crippen molar-refractivity contribution in [3.05, 3.63) is 28.6 Å². The molecule has 0 saturated heterocycles. The molecule has 4 nitrogen and oxygen atoms in total. The first kappa shape index (κ1) is 10.4. The van der Waals surface area contributed by atoms with E-state index in [0.717, 1.165) is 21.8 Å². The van der Waals surface area contributed by atoms with Gasteiger partial charge in [0, 0.05) is 0 Å². The minimum Gasteiger partial charge on any atom is -0.482 e. The van der Waals surface area contributed by atoms with E-state index in [9.17, 15) is 0 Å². The van der Waals surface area contributed by atoms with Crippen LogP contribution in [-0.2, 0) is 6.54 Å². The van der Waals surface area contributed by atoms with E-state index in [1.165, 1.54) is 0 Å². The molecule has 2 aromatic rings. The molecule has 2 rings (SSSR count). The highest BCUT2D eigenvalue weighted by atomic mass is 79.9. The van der Waals surface area contributed by atoms with Crippen LogP contribution < -0.4 is 10.1 Å². The highest BCUT2D eigenvalue weighted by molar-refractivity contribution is 9.10. The molecular formula is C10H12BrN3O. The van der Waals surface area contributed by atoms with E-state index in [0.29, 0.717) is 6.54 Å². The minimum atomic E-state index is 0.702. The van der Waals surface area contributed by atoms with Gasteiger partial charge in [-0.15, -0.1) is 0 Å². The summed E-state index contributed by atoms with van der Waals surface area (Å²) in [4.78, 5) is 4.43. The zero-order chi connectivity index (χ0) is 10.8. The molecule has 80 valence electrons. The second kappa shape index (κ2) is 4.20. The number of methoxy groups -OCH3 is 1. The lowest BCUT2D eigenvalue weighted by Gasteiger charge is -2.06. The number of hydrogen-bond donors (Lipinski definition) is 1. The SMILES string of the molecule is CNCc1nc(Br)c2cccc(OC)n12. The topological polar surface area (TPSA) is 38.6 Å². The summed E-state index contributed by atoms with van der Waals surface area (Å²) >= 11 is 3.44. The number of hydrogen-bond acceptors (Lipinski definition) is 3. The highest BCUT2D eigenvalue weighted by Crippen LogP contribution is 2.24. The lowest BCUT2D eigenvalue weighted by Crippen LogP contribution is -2.09. The van der Waals surface area contributed by atoms with Crippen LogP contribution in [0.5, 0.6) is 5.88 Å². The van der Waals surface area contributed by atoms with Crippen molar-refractivity contribution in [3.63, 3.8) is 0 Å². The third-order valence-electron chi connectivity index (χ3n) is 2.19. The summed E-state index contributed by atoms with van der Waals surface area (Å²) in [6.07, 6.45) is 0. The van der Waals surface area contributed by atoms with Gasteiger partial charge in [0.05, 0.1) is 19.2 Å². The van der Waals surface area contributed by atoms with Gasteiger partial charge in [0.1, 0.15) is 10.4 Å². The molecule has 0 aliphatic rings. The maximum absolute atomic E-state index is 5.30. The number of ether oxygens (including phenoxy) is 1. The largest absolute Gasteiger partial charge is 0.482 e. The number of fused-ring (bicyclic) bond motifs is 1. The average molecular weight is 270 g/mol. The third-order valence-corrected chi connectivity index (χ3v) is 2.78. The number of halogens is 1. The molecule has 2 heterocycles. The van der Waals surface area contributed by atoms with Gasteiger partial charge in [-0.3, -0.25) is 4.40 Å². The Morgan fingerprint density at radius 1 is 1.53 bits per heavy atom. The van der Waals surface area contributed by atoms with Crippen molar-refractivity contribution in [2.24, 2.45) is 0 Å². The first-order valence-corrected chi connectivity index (χ1v) is 5.41. The van der Waals surface area contributed by atoms with Gasteiger partial charge in [0.2, 0.25) is 0 Å². The summed E-state index contributed by atoms with van der Waals surface area (Å²) in [6, 6.07) is 5.86. The lowest BCUT2D eigenvalue weighted by atomic mass is 10.4. The van der Waals surface area contributed by atoms with Crippen molar-refractivity contribution in [2.75, 3.05) is 14.2 Å². The summed E-state index contributed by atoms with van der Waals surface area (Å²) in [5.41, 5.74) is 1.01. The summed E-state index contributed by atoms with van der Waals surface area (Å²) in [7, 11) is 3.55. The van der Waals surface area contributed by atoms with Gasteiger partial charge in [-0.05, 0) is 35.1 Å². The van der Waals surface area contributed by atoms with E-state index < -0.39 is 0 Å². The Balaban J connectivity index is 2.70. The summed E-state index contributed by atoms with van der Waals surface area (Å²) in [6.45, 7) is 0.702. The van der Waals surface area contributed by atoms with Gasteiger partial charge < -0.3 is 10.1 Å². The molecule has 0 spiro atoms. The summed E-state index contributed by atoms with van der Waals surface area (Å²) < 4.78 is 8.13. The Bertz CT molecular complexity index is 481. The van der Waals surface area contributed by atoms with E-state index in [4.69, 9.17) is 4.74 Å². The molecule has 0 aliphatic carbocycles. The third kappa shape index (κ3) is 1.72. The minimum absolute atomic E-state index is 0.702. The first-order chi connectivity index (χ1) is 7.27. The van der Waals surface area contributed by atoms with Gasteiger partial charge >= 0.3 is 0 Å². The molecule has 0 aromatic carbocycles. The fraction of sp³-hybridized carbons (Fsp3) is 0.300. The van der Waals surface area contributed by atoms with Gasteiger partial charge in [0.25, 0.3) is 0 Å². The number of aromatic nitrogens is 2.